The molecule has 1 aromatic heterocycles. The molecule has 6 nitrogen and oxygen atoms in total. The van der Waals surface area contributed by atoms with Crippen LogP contribution in [0.5, 0.6) is 0 Å². The number of anilines is 1. The number of sulfonamides is 1. The average molecular weight is 272 g/mol. The predicted molar refractivity (Wildman–Crippen MR) is 69.3 cm³/mol. The first kappa shape index (κ1) is 13.4. The van der Waals surface area contributed by atoms with Gasteiger partial charge in [0.1, 0.15) is 10.7 Å². The number of hydrogen-bond acceptors (Lipinski definition) is 4. The van der Waals surface area contributed by atoms with Crippen LogP contribution in [0.15, 0.2) is 11.1 Å². The molecule has 0 bridgehead atoms. The highest BCUT2D eigenvalue weighted by molar-refractivity contribution is 7.89. The number of H-pyrrole nitrogens is 1. The zero-order valence-electron chi connectivity index (χ0n) is 10.7. The van der Waals surface area contributed by atoms with E-state index in [1.807, 2.05) is 0 Å². The maximum absolute atomic E-state index is 12.1. The molecular formula is C11H20N4O2S. The summed E-state index contributed by atoms with van der Waals surface area (Å²) in [6.07, 6.45) is 4.04. The first-order valence-electron chi connectivity index (χ1n) is 6.21. The third-order valence-corrected chi connectivity index (χ3v) is 5.39. The van der Waals surface area contributed by atoms with E-state index < -0.39 is 10.0 Å². The summed E-state index contributed by atoms with van der Waals surface area (Å²) in [7, 11) is -3.56. The van der Waals surface area contributed by atoms with Crippen LogP contribution in [-0.4, -0.2) is 24.7 Å². The molecule has 7 heteroatoms. The lowest BCUT2D eigenvalue weighted by atomic mass is 9.79. The van der Waals surface area contributed by atoms with Gasteiger partial charge in [0.05, 0.1) is 6.20 Å². The van der Waals surface area contributed by atoms with E-state index in [9.17, 15) is 8.42 Å². The molecule has 0 radical (unpaired) electrons. The zero-order valence-corrected chi connectivity index (χ0v) is 11.5. The molecule has 1 saturated carbocycles. The first-order chi connectivity index (χ1) is 8.40. The van der Waals surface area contributed by atoms with Crippen LogP contribution >= 0.6 is 0 Å². The van der Waals surface area contributed by atoms with Gasteiger partial charge in [-0.3, -0.25) is 5.10 Å². The van der Waals surface area contributed by atoms with Gasteiger partial charge in [-0.25, -0.2) is 13.1 Å². The Hall–Kier alpha value is -1.08. The van der Waals surface area contributed by atoms with Crippen molar-refractivity contribution in [3.05, 3.63) is 6.20 Å². The van der Waals surface area contributed by atoms with Crippen LogP contribution in [0.4, 0.5) is 5.82 Å². The normalized spacial score (nSPS) is 29.3. The number of nitrogens with two attached hydrogens (primary N) is 1. The molecule has 4 N–H and O–H groups in total. The van der Waals surface area contributed by atoms with E-state index in [1.54, 1.807) is 0 Å². The van der Waals surface area contributed by atoms with Crippen molar-refractivity contribution in [2.45, 2.75) is 44.0 Å². The second kappa shape index (κ2) is 4.89. The average Bonchev–Trinajstić information content (AvgIpc) is 2.70. The highest BCUT2D eigenvalue weighted by Crippen LogP contribution is 2.30. The van der Waals surface area contributed by atoms with E-state index in [0.717, 1.165) is 19.3 Å². The van der Waals surface area contributed by atoms with Crippen molar-refractivity contribution < 1.29 is 8.42 Å². The predicted octanol–water partition coefficient (Wildman–Crippen LogP) is 1.09. The van der Waals surface area contributed by atoms with Gasteiger partial charge < -0.3 is 5.73 Å². The third kappa shape index (κ3) is 2.67. The second-order valence-electron chi connectivity index (χ2n) is 5.23. The van der Waals surface area contributed by atoms with E-state index in [4.69, 9.17) is 5.73 Å². The SMILES string of the molecule is CC1CCC(NS(=O)(=O)c2cn[nH]c2N)CC1C. The molecule has 0 aliphatic heterocycles. The Balaban J connectivity index is 2.08. The molecule has 0 spiro atoms. The molecule has 1 aromatic rings. The van der Waals surface area contributed by atoms with Crippen LogP contribution in [0, 0.1) is 11.8 Å². The lowest BCUT2D eigenvalue weighted by Crippen LogP contribution is -2.39. The van der Waals surface area contributed by atoms with E-state index in [-0.39, 0.29) is 16.8 Å². The quantitative estimate of drug-likeness (QED) is 0.766. The summed E-state index contributed by atoms with van der Waals surface area (Å²) in [6, 6.07) is -0.00417. The number of hydrogen-bond donors (Lipinski definition) is 3. The largest absolute Gasteiger partial charge is 0.383 e. The van der Waals surface area contributed by atoms with Crippen LogP contribution in [0.2, 0.25) is 0 Å². The van der Waals surface area contributed by atoms with E-state index in [2.05, 4.69) is 28.8 Å². The summed E-state index contributed by atoms with van der Waals surface area (Å²) >= 11 is 0. The van der Waals surface area contributed by atoms with Crippen molar-refractivity contribution in [3.8, 4) is 0 Å². The summed E-state index contributed by atoms with van der Waals surface area (Å²) in [4.78, 5) is 0.0359. The first-order valence-corrected chi connectivity index (χ1v) is 7.69. The fraction of sp³-hybridized carbons (Fsp3) is 0.727. The minimum Gasteiger partial charge on any atom is -0.383 e. The Bertz CT molecular complexity index is 511. The minimum absolute atomic E-state index is 0.00417. The molecule has 1 fully saturated rings. The fourth-order valence-electron chi connectivity index (χ4n) is 2.44. The number of nitrogens with zero attached hydrogens (tertiary/aromatic N) is 1. The standard InChI is InChI=1S/C11H20N4O2S/c1-7-3-4-9(5-8(7)2)15-18(16,17)10-6-13-14-11(10)12/h6-9,15H,3-5H2,1-2H3,(H3,12,13,14). The van der Waals surface area contributed by atoms with Gasteiger partial charge in [0.15, 0.2) is 0 Å². The van der Waals surface area contributed by atoms with Crippen LogP contribution in [0.1, 0.15) is 33.1 Å². The topological polar surface area (TPSA) is 101 Å². The van der Waals surface area contributed by atoms with Crippen LogP contribution in [0.25, 0.3) is 0 Å². The summed E-state index contributed by atoms with van der Waals surface area (Å²) < 4.78 is 27.0. The van der Waals surface area contributed by atoms with E-state index >= 15 is 0 Å². The van der Waals surface area contributed by atoms with E-state index in [0.29, 0.717) is 11.8 Å². The summed E-state index contributed by atoms with van der Waals surface area (Å²) in [5.74, 6) is 1.28. The maximum atomic E-state index is 12.1. The summed E-state index contributed by atoms with van der Waals surface area (Å²) in [6.45, 7) is 4.38. The Kier molecular flexibility index (Phi) is 3.63. The van der Waals surface area contributed by atoms with Crippen LogP contribution in [-0.2, 0) is 10.0 Å². The van der Waals surface area contributed by atoms with Crippen molar-refractivity contribution in [1.82, 2.24) is 14.9 Å². The molecule has 1 aliphatic carbocycles. The van der Waals surface area contributed by atoms with Crippen LogP contribution in [0.3, 0.4) is 0 Å². The van der Waals surface area contributed by atoms with Crippen molar-refractivity contribution >= 4 is 15.8 Å². The molecule has 1 heterocycles. The highest BCUT2D eigenvalue weighted by Gasteiger charge is 2.29. The summed E-state index contributed by atoms with van der Waals surface area (Å²) in [5.41, 5.74) is 5.54. The maximum Gasteiger partial charge on any atom is 0.246 e. The van der Waals surface area contributed by atoms with Crippen molar-refractivity contribution in [1.29, 1.82) is 0 Å². The number of aromatic nitrogens is 2. The molecule has 3 atom stereocenters. The molecule has 0 aromatic carbocycles. The Morgan fingerprint density at radius 1 is 1.39 bits per heavy atom. The van der Waals surface area contributed by atoms with Gasteiger partial charge in [-0.1, -0.05) is 13.8 Å². The highest BCUT2D eigenvalue weighted by atomic mass is 32.2. The number of nitrogen functional groups attached to an aromatic ring is 1. The monoisotopic (exact) mass is 272 g/mol. The van der Waals surface area contributed by atoms with Gasteiger partial charge in [-0.2, -0.15) is 5.10 Å². The van der Waals surface area contributed by atoms with Gasteiger partial charge >= 0.3 is 0 Å². The molecule has 0 amide bonds. The van der Waals surface area contributed by atoms with Gasteiger partial charge in [0.2, 0.25) is 10.0 Å². The molecular weight excluding hydrogens is 252 g/mol. The minimum atomic E-state index is -3.56. The van der Waals surface area contributed by atoms with Crippen molar-refractivity contribution in [3.63, 3.8) is 0 Å². The lowest BCUT2D eigenvalue weighted by molar-refractivity contribution is 0.242. The number of rotatable bonds is 3. The molecule has 2 rings (SSSR count). The smallest absolute Gasteiger partial charge is 0.246 e. The van der Waals surface area contributed by atoms with Gasteiger partial charge in [0, 0.05) is 6.04 Å². The third-order valence-electron chi connectivity index (χ3n) is 3.84. The molecule has 0 saturated heterocycles. The molecule has 1 aliphatic rings. The van der Waals surface area contributed by atoms with Crippen LogP contribution < -0.4 is 10.5 Å². The molecule has 3 unspecified atom stereocenters. The van der Waals surface area contributed by atoms with Gasteiger partial charge in [-0.15, -0.1) is 0 Å². The van der Waals surface area contributed by atoms with Gasteiger partial charge in [0.25, 0.3) is 0 Å². The van der Waals surface area contributed by atoms with Crippen molar-refractivity contribution in [2.75, 3.05) is 5.73 Å². The lowest BCUT2D eigenvalue weighted by Gasteiger charge is -2.32. The fourth-order valence-corrected chi connectivity index (χ4v) is 3.74. The number of aromatic amines is 1. The Morgan fingerprint density at radius 3 is 2.67 bits per heavy atom. The summed E-state index contributed by atoms with van der Waals surface area (Å²) in [5, 5.41) is 6.08. The second-order valence-corrected chi connectivity index (χ2v) is 6.92. The molecule has 102 valence electrons. The zero-order chi connectivity index (χ0) is 13.3. The Labute approximate surface area is 107 Å². The van der Waals surface area contributed by atoms with Crippen molar-refractivity contribution in [2.24, 2.45) is 11.8 Å². The Morgan fingerprint density at radius 2 is 2.11 bits per heavy atom. The molecule has 18 heavy (non-hydrogen) atoms. The number of nitrogens with one attached hydrogen (secondary N) is 2. The van der Waals surface area contributed by atoms with E-state index in [1.165, 1.54) is 6.20 Å². The van der Waals surface area contributed by atoms with Gasteiger partial charge in [-0.05, 0) is 31.1 Å².